The highest BCUT2D eigenvalue weighted by molar-refractivity contribution is 7.89. The molecule has 4 rings (SSSR count). The summed E-state index contributed by atoms with van der Waals surface area (Å²) in [6.07, 6.45) is 0. The summed E-state index contributed by atoms with van der Waals surface area (Å²) < 4.78 is 29.1. The summed E-state index contributed by atoms with van der Waals surface area (Å²) in [7, 11) is -3.65. The lowest BCUT2D eigenvalue weighted by molar-refractivity contribution is 0.0696. The van der Waals surface area contributed by atoms with E-state index in [0.29, 0.717) is 35.9 Å². The molecule has 7 nitrogen and oxygen atoms in total. The molecule has 0 aliphatic carbocycles. The minimum absolute atomic E-state index is 0.112. The predicted octanol–water partition coefficient (Wildman–Crippen LogP) is 3.35. The zero-order valence-electron chi connectivity index (χ0n) is 18.0. The molecular formula is C23H25ClN4O3S. The second-order valence-electron chi connectivity index (χ2n) is 7.84. The number of nitrogens with zero attached hydrogens (tertiary/aromatic N) is 4. The monoisotopic (exact) mass is 472 g/mol. The van der Waals surface area contributed by atoms with E-state index in [0.717, 1.165) is 11.3 Å². The van der Waals surface area contributed by atoms with Gasteiger partial charge in [-0.05, 0) is 37.6 Å². The van der Waals surface area contributed by atoms with E-state index < -0.39 is 10.0 Å². The Morgan fingerprint density at radius 2 is 1.69 bits per heavy atom. The molecule has 0 spiro atoms. The number of carbonyl (C=O) groups excluding carboxylic acids is 1. The molecule has 2 aromatic carbocycles. The topological polar surface area (TPSA) is 75.5 Å². The average Bonchev–Trinajstić information content (AvgIpc) is 3.06. The number of aromatic nitrogens is 2. The highest BCUT2D eigenvalue weighted by Crippen LogP contribution is 2.23. The fourth-order valence-corrected chi connectivity index (χ4v) is 5.71. The average molecular weight is 473 g/mol. The van der Waals surface area contributed by atoms with Crippen molar-refractivity contribution in [3.8, 4) is 0 Å². The molecule has 0 radical (unpaired) electrons. The summed E-state index contributed by atoms with van der Waals surface area (Å²) in [5, 5.41) is 4.95. The lowest BCUT2D eigenvalue weighted by atomic mass is 10.1. The van der Waals surface area contributed by atoms with Gasteiger partial charge in [0.05, 0.1) is 22.7 Å². The molecule has 1 aromatic heterocycles. The van der Waals surface area contributed by atoms with Crippen molar-refractivity contribution in [3.63, 3.8) is 0 Å². The van der Waals surface area contributed by atoms with Gasteiger partial charge in [-0.2, -0.15) is 9.40 Å². The van der Waals surface area contributed by atoms with Crippen LogP contribution < -0.4 is 0 Å². The van der Waals surface area contributed by atoms with Crippen LogP contribution in [-0.4, -0.2) is 59.5 Å². The van der Waals surface area contributed by atoms with Crippen LogP contribution >= 0.6 is 11.6 Å². The molecular weight excluding hydrogens is 448 g/mol. The van der Waals surface area contributed by atoms with Crippen molar-refractivity contribution in [2.24, 2.45) is 0 Å². The van der Waals surface area contributed by atoms with Gasteiger partial charge in [0.15, 0.2) is 0 Å². The van der Waals surface area contributed by atoms with Crippen LogP contribution in [0.4, 0.5) is 0 Å². The second kappa shape index (κ2) is 9.05. The number of rotatable bonds is 5. The van der Waals surface area contributed by atoms with Crippen LogP contribution in [0.25, 0.3) is 0 Å². The molecule has 1 aliphatic heterocycles. The van der Waals surface area contributed by atoms with E-state index in [4.69, 9.17) is 11.6 Å². The van der Waals surface area contributed by atoms with Gasteiger partial charge in [-0.25, -0.2) is 8.42 Å². The van der Waals surface area contributed by atoms with Crippen molar-refractivity contribution in [1.82, 2.24) is 19.0 Å². The summed E-state index contributed by atoms with van der Waals surface area (Å²) in [4.78, 5) is 15.1. The van der Waals surface area contributed by atoms with E-state index in [1.807, 2.05) is 48.9 Å². The first kappa shape index (κ1) is 22.5. The summed E-state index contributed by atoms with van der Waals surface area (Å²) in [5.41, 5.74) is 3.19. The molecule has 1 aliphatic rings. The van der Waals surface area contributed by atoms with Crippen molar-refractivity contribution in [3.05, 3.63) is 82.1 Å². The molecule has 0 saturated carbocycles. The third kappa shape index (κ3) is 4.44. The Morgan fingerprint density at radius 3 is 2.34 bits per heavy atom. The van der Waals surface area contributed by atoms with Crippen LogP contribution in [0, 0.1) is 13.8 Å². The van der Waals surface area contributed by atoms with Crippen LogP contribution in [0.15, 0.2) is 59.5 Å². The number of benzene rings is 2. The molecule has 3 aromatic rings. The SMILES string of the molecule is Cc1nn(Cc2ccccc2)c(C)c1C(=O)N1CCN(S(=O)(=O)c2cccc(Cl)c2)CC1. The summed E-state index contributed by atoms with van der Waals surface area (Å²) in [6.45, 7) is 5.43. The van der Waals surface area contributed by atoms with Gasteiger partial charge in [0.1, 0.15) is 0 Å². The summed E-state index contributed by atoms with van der Waals surface area (Å²) in [5.74, 6) is -0.112. The molecule has 2 heterocycles. The quantitative estimate of drug-likeness (QED) is 0.570. The van der Waals surface area contributed by atoms with Crippen LogP contribution in [-0.2, 0) is 16.6 Å². The van der Waals surface area contributed by atoms with E-state index in [1.165, 1.54) is 16.4 Å². The van der Waals surface area contributed by atoms with Crippen molar-refractivity contribution >= 4 is 27.5 Å². The second-order valence-corrected chi connectivity index (χ2v) is 10.2. The highest BCUT2D eigenvalue weighted by atomic mass is 35.5. The number of piperazine rings is 1. The fourth-order valence-electron chi connectivity index (χ4n) is 3.98. The molecule has 1 saturated heterocycles. The van der Waals surface area contributed by atoms with Crippen LogP contribution in [0.3, 0.4) is 0 Å². The van der Waals surface area contributed by atoms with Gasteiger partial charge < -0.3 is 4.90 Å². The minimum atomic E-state index is -3.65. The molecule has 1 fully saturated rings. The maximum Gasteiger partial charge on any atom is 0.257 e. The summed E-state index contributed by atoms with van der Waals surface area (Å²) in [6, 6.07) is 16.2. The molecule has 1 amide bonds. The molecule has 0 N–H and O–H groups in total. The van der Waals surface area contributed by atoms with Gasteiger partial charge >= 0.3 is 0 Å². The number of halogens is 1. The Kier molecular flexibility index (Phi) is 6.37. The smallest absolute Gasteiger partial charge is 0.257 e. The van der Waals surface area contributed by atoms with Crippen molar-refractivity contribution in [2.75, 3.05) is 26.2 Å². The third-order valence-electron chi connectivity index (χ3n) is 5.73. The van der Waals surface area contributed by atoms with Gasteiger partial charge in [-0.15, -0.1) is 0 Å². The molecule has 168 valence electrons. The van der Waals surface area contributed by atoms with E-state index in [1.54, 1.807) is 17.0 Å². The standard InChI is InChI=1S/C23H25ClN4O3S/c1-17-22(18(2)28(25-17)16-19-7-4-3-5-8-19)23(29)26-11-13-27(14-12-26)32(30,31)21-10-6-9-20(24)15-21/h3-10,15H,11-14,16H2,1-2H3. The van der Waals surface area contributed by atoms with E-state index in [9.17, 15) is 13.2 Å². The Balaban J connectivity index is 1.47. The lowest BCUT2D eigenvalue weighted by Crippen LogP contribution is -2.50. The van der Waals surface area contributed by atoms with Gasteiger partial charge in [-0.1, -0.05) is 48.0 Å². The zero-order chi connectivity index (χ0) is 22.9. The normalized spacial score (nSPS) is 15.2. The van der Waals surface area contributed by atoms with Crippen molar-refractivity contribution in [1.29, 1.82) is 0 Å². The number of aryl methyl sites for hydroxylation is 1. The maximum absolute atomic E-state index is 13.3. The zero-order valence-corrected chi connectivity index (χ0v) is 19.6. The number of amides is 1. The van der Waals surface area contributed by atoms with Gasteiger partial charge in [0, 0.05) is 36.9 Å². The molecule has 9 heteroatoms. The number of hydrogen-bond acceptors (Lipinski definition) is 4. The number of sulfonamides is 1. The van der Waals surface area contributed by atoms with Crippen LogP contribution in [0.5, 0.6) is 0 Å². The Morgan fingerprint density at radius 1 is 1.00 bits per heavy atom. The molecule has 0 atom stereocenters. The van der Waals surface area contributed by atoms with Crippen molar-refractivity contribution in [2.45, 2.75) is 25.3 Å². The first-order valence-electron chi connectivity index (χ1n) is 10.4. The number of hydrogen-bond donors (Lipinski definition) is 0. The van der Waals surface area contributed by atoms with Gasteiger partial charge in [-0.3, -0.25) is 9.48 Å². The maximum atomic E-state index is 13.3. The fraction of sp³-hybridized carbons (Fsp3) is 0.304. The van der Waals surface area contributed by atoms with E-state index in [-0.39, 0.29) is 23.9 Å². The number of carbonyl (C=O) groups is 1. The molecule has 32 heavy (non-hydrogen) atoms. The highest BCUT2D eigenvalue weighted by Gasteiger charge is 2.32. The Bertz CT molecular complexity index is 1230. The summed E-state index contributed by atoms with van der Waals surface area (Å²) >= 11 is 5.96. The minimum Gasteiger partial charge on any atom is -0.336 e. The van der Waals surface area contributed by atoms with E-state index in [2.05, 4.69) is 5.10 Å². The Hall–Kier alpha value is -2.68. The van der Waals surface area contributed by atoms with Gasteiger partial charge in [0.25, 0.3) is 5.91 Å². The largest absolute Gasteiger partial charge is 0.336 e. The first-order chi connectivity index (χ1) is 15.3. The van der Waals surface area contributed by atoms with Gasteiger partial charge in [0.2, 0.25) is 10.0 Å². The molecule has 0 unspecified atom stereocenters. The van der Waals surface area contributed by atoms with Crippen LogP contribution in [0.2, 0.25) is 5.02 Å². The Labute approximate surface area is 193 Å². The third-order valence-corrected chi connectivity index (χ3v) is 7.86. The van der Waals surface area contributed by atoms with E-state index >= 15 is 0 Å². The lowest BCUT2D eigenvalue weighted by Gasteiger charge is -2.34. The predicted molar refractivity (Wildman–Crippen MR) is 123 cm³/mol. The van der Waals surface area contributed by atoms with Crippen molar-refractivity contribution < 1.29 is 13.2 Å². The molecule has 0 bridgehead atoms. The first-order valence-corrected chi connectivity index (χ1v) is 12.2. The van der Waals surface area contributed by atoms with Crippen LogP contribution in [0.1, 0.15) is 27.3 Å².